The second-order valence-corrected chi connectivity index (χ2v) is 7.86. The first kappa shape index (κ1) is 19.5. The minimum Gasteiger partial charge on any atom is -0.308 e. The summed E-state index contributed by atoms with van der Waals surface area (Å²) in [5.74, 6) is -1.36. The van der Waals surface area contributed by atoms with E-state index in [1.165, 1.54) is 18.2 Å². The van der Waals surface area contributed by atoms with Crippen LogP contribution in [0.3, 0.4) is 0 Å². The monoisotopic (exact) mass is 368 g/mol. The van der Waals surface area contributed by atoms with Gasteiger partial charge in [-0.1, -0.05) is 30.3 Å². The zero-order chi connectivity index (χ0) is 18.4. The van der Waals surface area contributed by atoms with Crippen LogP contribution < -0.4 is 10.0 Å². The van der Waals surface area contributed by atoms with E-state index in [2.05, 4.69) is 10.0 Å². The van der Waals surface area contributed by atoms with Crippen LogP contribution in [0.1, 0.15) is 30.5 Å². The quantitative estimate of drug-likeness (QED) is 0.753. The Morgan fingerprint density at radius 3 is 2.12 bits per heavy atom. The van der Waals surface area contributed by atoms with Gasteiger partial charge in [-0.15, -0.1) is 0 Å². The lowest BCUT2D eigenvalue weighted by atomic mass is 10.1. The fourth-order valence-corrected chi connectivity index (χ4v) is 3.99. The number of halogens is 2. The number of benzene rings is 2. The molecular weight excluding hydrogens is 346 g/mol. The summed E-state index contributed by atoms with van der Waals surface area (Å²) in [6.07, 6.45) is 0. The van der Waals surface area contributed by atoms with Crippen molar-refractivity contribution in [3.8, 4) is 0 Å². The van der Waals surface area contributed by atoms with E-state index in [-0.39, 0.29) is 23.9 Å². The molecule has 2 aromatic rings. The van der Waals surface area contributed by atoms with Gasteiger partial charge in [-0.2, -0.15) is 0 Å². The zero-order valence-corrected chi connectivity index (χ0v) is 15.0. The molecule has 4 nitrogen and oxygen atoms in total. The molecule has 0 aliphatic heterocycles. The molecule has 25 heavy (non-hydrogen) atoms. The van der Waals surface area contributed by atoms with E-state index < -0.39 is 21.7 Å². The molecule has 2 N–H and O–H groups in total. The topological polar surface area (TPSA) is 58.2 Å². The molecule has 0 saturated carbocycles. The SMILES string of the molecule is CC(C)NS(=O)(=O)Cc1ccccc1CNCc1c(F)cccc1F. The highest BCUT2D eigenvalue weighted by Gasteiger charge is 2.15. The lowest BCUT2D eigenvalue weighted by molar-refractivity contribution is 0.535. The van der Waals surface area contributed by atoms with Gasteiger partial charge in [0.1, 0.15) is 11.6 Å². The molecule has 0 spiro atoms. The minimum absolute atomic E-state index is 0.0177. The lowest BCUT2D eigenvalue weighted by Crippen LogP contribution is -2.31. The molecule has 0 aliphatic rings. The maximum atomic E-state index is 13.6. The van der Waals surface area contributed by atoms with Crippen molar-refractivity contribution in [2.24, 2.45) is 0 Å². The van der Waals surface area contributed by atoms with Crippen LogP contribution in [0.5, 0.6) is 0 Å². The van der Waals surface area contributed by atoms with Gasteiger partial charge in [0.05, 0.1) is 5.75 Å². The van der Waals surface area contributed by atoms with Crippen molar-refractivity contribution < 1.29 is 17.2 Å². The van der Waals surface area contributed by atoms with Crippen molar-refractivity contribution in [2.45, 2.75) is 38.7 Å². The van der Waals surface area contributed by atoms with Crippen LogP contribution >= 0.6 is 0 Å². The Hall–Kier alpha value is -1.83. The van der Waals surface area contributed by atoms with Crippen LogP contribution in [0, 0.1) is 11.6 Å². The highest BCUT2D eigenvalue weighted by Crippen LogP contribution is 2.14. The van der Waals surface area contributed by atoms with E-state index in [1.54, 1.807) is 38.1 Å². The number of rotatable bonds is 8. The van der Waals surface area contributed by atoms with E-state index in [4.69, 9.17) is 0 Å². The average Bonchev–Trinajstić information content (AvgIpc) is 2.50. The third-order valence-electron chi connectivity index (χ3n) is 3.56. The van der Waals surface area contributed by atoms with Crippen molar-refractivity contribution in [1.29, 1.82) is 0 Å². The Morgan fingerprint density at radius 1 is 0.920 bits per heavy atom. The summed E-state index contributed by atoms with van der Waals surface area (Å²) in [5, 5.41) is 2.97. The second kappa shape index (κ2) is 8.51. The molecule has 0 aromatic heterocycles. The third-order valence-corrected chi connectivity index (χ3v) is 5.08. The Bertz CT molecular complexity index is 803. The summed E-state index contributed by atoms with van der Waals surface area (Å²) in [6.45, 7) is 3.84. The summed E-state index contributed by atoms with van der Waals surface area (Å²) in [4.78, 5) is 0. The molecule has 0 atom stereocenters. The molecule has 0 unspecified atom stereocenters. The smallest absolute Gasteiger partial charge is 0.216 e. The van der Waals surface area contributed by atoms with Gasteiger partial charge in [0.25, 0.3) is 0 Å². The van der Waals surface area contributed by atoms with Crippen LogP contribution in [0.15, 0.2) is 42.5 Å². The molecule has 0 heterocycles. The molecule has 2 aromatic carbocycles. The Labute approximate surface area is 147 Å². The van der Waals surface area contributed by atoms with Crippen LogP contribution in [0.2, 0.25) is 0 Å². The van der Waals surface area contributed by atoms with E-state index in [0.717, 1.165) is 5.56 Å². The standard InChI is InChI=1S/C18H22F2N2O2S/c1-13(2)22-25(23,24)12-15-7-4-3-6-14(15)10-21-11-16-17(19)8-5-9-18(16)20/h3-9,13,21-22H,10-12H2,1-2H3. The van der Waals surface area contributed by atoms with Crippen LogP contribution in [-0.2, 0) is 28.9 Å². The minimum atomic E-state index is -3.44. The Balaban J connectivity index is 2.06. The fraction of sp³-hybridized carbons (Fsp3) is 0.333. The molecule has 0 radical (unpaired) electrons. The number of sulfonamides is 1. The maximum absolute atomic E-state index is 13.6. The number of nitrogens with one attached hydrogen (secondary N) is 2. The predicted octanol–water partition coefficient (Wildman–Crippen LogP) is 3.08. The van der Waals surface area contributed by atoms with Crippen LogP contribution in [0.25, 0.3) is 0 Å². The summed E-state index contributed by atoms with van der Waals surface area (Å²) in [6, 6.07) is 10.6. The zero-order valence-electron chi connectivity index (χ0n) is 14.2. The molecule has 7 heteroatoms. The predicted molar refractivity (Wildman–Crippen MR) is 94.2 cm³/mol. The second-order valence-electron chi connectivity index (χ2n) is 6.10. The largest absolute Gasteiger partial charge is 0.308 e. The van der Waals surface area contributed by atoms with Gasteiger partial charge in [0.2, 0.25) is 10.0 Å². The van der Waals surface area contributed by atoms with E-state index in [0.29, 0.717) is 12.1 Å². The fourth-order valence-electron chi connectivity index (χ4n) is 2.50. The Morgan fingerprint density at radius 2 is 1.52 bits per heavy atom. The molecule has 0 bridgehead atoms. The molecular formula is C18H22F2N2O2S. The van der Waals surface area contributed by atoms with Gasteiger partial charge in [-0.3, -0.25) is 0 Å². The van der Waals surface area contributed by atoms with Gasteiger partial charge in [-0.25, -0.2) is 21.9 Å². The van der Waals surface area contributed by atoms with Gasteiger partial charge >= 0.3 is 0 Å². The molecule has 0 saturated heterocycles. The molecule has 0 aliphatic carbocycles. The Kier molecular flexibility index (Phi) is 6.64. The van der Waals surface area contributed by atoms with Gasteiger partial charge < -0.3 is 5.32 Å². The lowest BCUT2D eigenvalue weighted by Gasteiger charge is -2.13. The first-order valence-electron chi connectivity index (χ1n) is 7.99. The highest BCUT2D eigenvalue weighted by atomic mass is 32.2. The van der Waals surface area contributed by atoms with E-state index in [1.807, 2.05) is 0 Å². The van der Waals surface area contributed by atoms with Crippen molar-refractivity contribution in [1.82, 2.24) is 10.0 Å². The van der Waals surface area contributed by atoms with Gasteiger partial charge in [0.15, 0.2) is 0 Å². The molecule has 0 amide bonds. The first-order chi connectivity index (χ1) is 11.8. The summed E-state index contributed by atoms with van der Waals surface area (Å²) >= 11 is 0. The first-order valence-corrected chi connectivity index (χ1v) is 9.64. The van der Waals surface area contributed by atoms with Crippen molar-refractivity contribution in [3.63, 3.8) is 0 Å². The summed E-state index contributed by atoms with van der Waals surface area (Å²) in [5.41, 5.74) is 1.39. The third kappa shape index (κ3) is 5.88. The van der Waals surface area contributed by atoms with E-state index in [9.17, 15) is 17.2 Å². The summed E-state index contributed by atoms with van der Waals surface area (Å²) in [7, 11) is -3.44. The van der Waals surface area contributed by atoms with Crippen molar-refractivity contribution in [3.05, 3.63) is 70.8 Å². The van der Waals surface area contributed by atoms with Crippen molar-refractivity contribution >= 4 is 10.0 Å². The molecule has 136 valence electrons. The normalized spacial score (nSPS) is 11.9. The van der Waals surface area contributed by atoms with Gasteiger partial charge in [0, 0.05) is 24.7 Å². The van der Waals surface area contributed by atoms with Crippen LogP contribution in [-0.4, -0.2) is 14.5 Å². The van der Waals surface area contributed by atoms with Crippen LogP contribution in [0.4, 0.5) is 8.78 Å². The van der Waals surface area contributed by atoms with Crippen molar-refractivity contribution in [2.75, 3.05) is 0 Å². The molecule has 0 fully saturated rings. The average molecular weight is 368 g/mol. The number of hydrogen-bond donors (Lipinski definition) is 2. The van der Waals surface area contributed by atoms with Gasteiger partial charge in [-0.05, 0) is 37.1 Å². The highest BCUT2D eigenvalue weighted by molar-refractivity contribution is 7.88. The summed E-state index contributed by atoms with van der Waals surface area (Å²) < 4.78 is 54.0. The maximum Gasteiger partial charge on any atom is 0.216 e. The number of hydrogen-bond acceptors (Lipinski definition) is 3. The molecule has 2 rings (SSSR count). The van der Waals surface area contributed by atoms with E-state index >= 15 is 0 Å².